The van der Waals surface area contributed by atoms with Crippen LogP contribution in [0.1, 0.15) is 81.8 Å². The van der Waals surface area contributed by atoms with Gasteiger partial charge in [-0.3, -0.25) is 9.59 Å². The van der Waals surface area contributed by atoms with Crippen molar-refractivity contribution < 1.29 is 19.8 Å². The number of rotatable bonds is 13. The molecule has 0 spiro atoms. The first-order chi connectivity index (χ1) is 13.0. The van der Waals surface area contributed by atoms with Gasteiger partial charge in [-0.2, -0.15) is 0 Å². The number of carboxylic acids is 2. The van der Waals surface area contributed by atoms with Gasteiger partial charge in [0.1, 0.15) is 0 Å². The maximum atomic E-state index is 11.2. The van der Waals surface area contributed by atoms with Gasteiger partial charge in [0.05, 0.1) is 10.8 Å². The SMILES string of the molecule is O=C(O)C1(CCCCCc2ccc(CCCCC3(C(=O)O)CC3)cc2)CC1. The number of carbonyl (C=O) groups is 2. The van der Waals surface area contributed by atoms with Crippen LogP contribution in [0.4, 0.5) is 0 Å². The van der Waals surface area contributed by atoms with Crippen LogP contribution in [-0.2, 0) is 22.4 Å². The number of hydrogen-bond acceptors (Lipinski definition) is 2. The third kappa shape index (κ3) is 5.33. The van der Waals surface area contributed by atoms with E-state index in [9.17, 15) is 19.8 Å². The fourth-order valence-electron chi connectivity index (χ4n) is 4.08. The third-order valence-corrected chi connectivity index (χ3v) is 6.63. The zero-order chi connectivity index (χ0) is 19.3. The van der Waals surface area contributed by atoms with Gasteiger partial charge >= 0.3 is 11.9 Å². The Kier molecular flexibility index (Phi) is 6.23. The molecule has 0 aliphatic heterocycles. The Morgan fingerprint density at radius 3 is 1.41 bits per heavy atom. The van der Waals surface area contributed by atoms with Crippen molar-refractivity contribution in [3.63, 3.8) is 0 Å². The maximum Gasteiger partial charge on any atom is 0.309 e. The van der Waals surface area contributed by atoms with Gasteiger partial charge < -0.3 is 10.2 Å². The van der Waals surface area contributed by atoms with Crippen LogP contribution in [0.2, 0.25) is 0 Å². The van der Waals surface area contributed by atoms with Gasteiger partial charge in [-0.25, -0.2) is 0 Å². The molecule has 0 atom stereocenters. The molecule has 0 radical (unpaired) electrons. The lowest BCUT2D eigenvalue weighted by Crippen LogP contribution is -2.14. The van der Waals surface area contributed by atoms with Crippen LogP contribution in [0.3, 0.4) is 0 Å². The molecule has 1 aromatic rings. The summed E-state index contributed by atoms with van der Waals surface area (Å²) in [4.78, 5) is 22.3. The van der Waals surface area contributed by atoms with Crippen molar-refractivity contribution in [3.8, 4) is 0 Å². The molecule has 1 aromatic carbocycles. The quantitative estimate of drug-likeness (QED) is 0.465. The van der Waals surface area contributed by atoms with Crippen LogP contribution in [-0.4, -0.2) is 22.2 Å². The molecular formula is C23H32O4. The highest BCUT2D eigenvalue weighted by atomic mass is 16.4. The van der Waals surface area contributed by atoms with E-state index in [0.29, 0.717) is 0 Å². The Labute approximate surface area is 162 Å². The van der Waals surface area contributed by atoms with Crippen LogP contribution >= 0.6 is 0 Å². The summed E-state index contributed by atoms with van der Waals surface area (Å²) >= 11 is 0. The Hall–Kier alpha value is -1.84. The van der Waals surface area contributed by atoms with Gasteiger partial charge in [0.25, 0.3) is 0 Å². The summed E-state index contributed by atoms with van der Waals surface area (Å²) in [6.07, 6.45) is 12.5. The molecule has 2 N–H and O–H groups in total. The zero-order valence-electron chi connectivity index (χ0n) is 16.2. The van der Waals surface area contributed by atoms with Crippen molar-refractivity contribution in [3.05, 3.63) is 35.4 Å². The van der Waals surface area contributed by atoms with E-state index in [2.05, 4.69) is 24.3 Å². The van der Waals surface area contributed by atoms with Crippen LogP contribution in [0.25, 0.3) is 0 Å². The van der Waals surface area contributed by atoms with E-state index >= 15 is 0 Å². The fraction of sp³-hybridized carbons (Fsp3) is 0.652. The Bertz CT molecular complexity index is 653. The Morgan fingerprint density at radius 1 is 0.667 bits per heavy atom. The number of aliphatic carboxylic acids is 2. The van der Waals surface area contributed by atoms with Gasteiger partial charge in [-0.05, 0) is 75.3 Å². The van der Waals surface area contributed by atoms with E-state index in [1.807, 2.05) is 0 Å². The second-order valence-corrected chi connectivity index (χ2v) is 8.76. The summed E-state index contributed by atoms with van der Waals surface area (Å²) < 4.78 is 0. The second kappa shape index (κ2) is 8.45. The summed E-state index contributed by atoms with van der Waals surface area (Å²) in [5.74, 6) is -1.21. The molecule has 148 valence electrons. The first-order valence-electron chi connectivity index (χ1n) is 10.5. The molecule has 2 aliphatic rings. The number of aryl methyl sites for hydroxylation is 2. The minimum absolute atomic E-state index is 0.370. The maximum absolute atomic E-state index is 11.2. The van der Waals surface area contributed by atoms with Crippen molar-refractivity contribution in [2.45, 2.75) is 83.5 Å². The topological polar surface area (TPSA) is 74.6 Å². The summed E-state index contributed by atoms with van der Waals surface area (Å²) in [5.41, 5.74) is 1.93. The van der Waals surface area contributed by atoms with Crippen LogP contribution in [0, 0.1) is 10.8 Å². The lowest BCUT2D eigenvalue weighted by Gasteiger charge is -2.10. The molecule has 4 nitrogen and oxygen atoms in total. The highest BCUT2D eigenvalue weighted by molar-refractivity contribution is 5.78. The predicted octanol–water partition coefficient (Wildman–Crippen LogP) is 5.23. The molecule has 0 saturated heterocycles. The summed E-state index contributed by atoms with van der Waals surface area (Å²) in [7, 11) is 0. The largest absolute Gasteiger partial charge is 0.481 e. The van der Waals surface area contributed by atoms with Crippen molar-refractivity contribution in [1.29, 1.82) is 0 Å². The van der Waals surface area contributed by atoms with Crippen LogP contribution in [0.5, 0.6) is 0 Å². The normalized spacial score (nSPS) is 18.8. The predicted molar refractivity (Wildman–Crippen MR) is 105 cm³/mol. The molecule has 0 heterocycles. The van der Waals surface area contributed by atoms with Crippen molar-refractivity contribution >= 4 is 11.9 Å². The summed E-state index contributed by atoms with van der Waals surface area (Å²) in [5, 5.41) is 18.4. The lowest BCUT2D eigenvalue weighted by molar-refractivity contribution is -0.144. The molecule has 2 fully saturated rings. The van der Waals surface area contributed by atoms with Gasteiger partial charge in [-0.1, -0.05) is 43.5 Å². The van der Waals surface area contributed by atoms with E-state index in [0.717, 1.165) is 83.5 Å². The molecule has 0 bridgehead atoms. The van der Waals surface area contributed by atoms with E-state index < -0.39 is 11.9 Å². The molecular weight excluding hydrogens is 340 g/mol. The van der Waals surface area contributed by atoms with Crippen LogP contribution in [0.15, 0.2) is 24.3 Å². The monoisotopic (exact) mass is 372 g/mol. The standard InChI is InChI=1S/C23H32O4/c24-20(25)22(14-15-22)12-4-1-2-6-18-8-10-19(11-9-18)7-3-5-13-23(16-17-23)21(26)27/h8-11H,1-7,12-17H2,(H,24,25)(H,26,27). The molecule has 0 unspecified atom stereocenters. The van der Waals surface area contributed by atoms with Crippen LogP contribution < -0.4 is 0 Å². The van der Waals surface area contributed by atoms with Crippen molar-refractivity contribution in [2.75, 3.05) is 0 Å². The van der Waals surface area contributed by atoms with Crippen molar-refractivity contribution in [2.24, 2.45) is 10.8 Å². The fourth-order valence-corrected chi connectivity index (χ4v) is 4.08. The molecule has 3 rings (SSSR count). The highest BCUT2D eigenvalue weighted by Crippen LogP contribution is 2.50. The second-order valence-electron chi connectivity index (χ2n) is 8.76. The minimum atomic E-state index is -0.609. The van der Waals surface area contributed by atoms with E-state index in [4.69, 9.17) is 0 Å². The van der Waals surface area contributed by atoms with E-state index in [-0.39, 0.29) is 10.8 Å². The average molecular weight is 373 g/mol. The number of benzene rings is 1. The highest BCUT2D eigenvalue weighted by Gasteiger charge is 2.49. The lowest BCUT2D eigenvalue weighted by atomic mass is 9.96. The number of carboxylic acid groups (broad SMARTS) is 2. The smallest absolute Gasteiger partial charge is 0.309 e. The molecule has 0 amide bonds. The summed E-state index contributed by atoms with van der Waals surface area (Å²) in [6.45, 7) is 0. The van der Waals surface area contributed by atoms with Gasteiger partial charge in [0.15, 0.2) is 0 Å². The number of unbranched alkanes of at least 4 members (excludes halogenated alkanes) is 3. The van der Waals surface area contributed by atoms with E-state index in [1.54, 1.807) is 0 Å². The first-order valence-corrected chi connectivity index (χ1v) is 10.5. The molecule has 0 aromatic heterocycles. The van der Waals surface area contributed by atoms with Gasteiger partial charge in [0.2, 0.25) is 0 Å². The Morgan fingerprint density at radius 2 is 1.04 bits per heavy atom. The molecule has 2 saturated carbocycles. The third-order valence-electron chi connectivity index (χ3n) is 6.63. The number of hydrogen-bond donors (Lipinski definition) is 2. The summed E-state index contributed by atoms with van der Waals surface area (Å²) in [6, 6.07) is 8.80. The van der Waals surface area contributed by atoms with Gasteiger partial charge in [-0.15, -0.1) is 0 Å². The molecule has 4 heteroatoms. The minimum Gasteiger partial charge on any atom is -0.481 e. The van der Waals surface area contributed by atoms with Crippen molar-refractivity contribution in [1.82, 2.24) is 0 Å². The van der Waals surface area contributed by atoms with Gasteiger partial charge in [0, 0.05) is 0 Å². The first kappa shape index (κ1) is 19.9. The average Bonchev–Trinajstić information content (AvgIpc) is 3.55. The Balaban J connectivity index is 1.27. The zero-order valence-corrected chi connectivity index (χ0v) is 16.2. The molecule has 27 heavy (non-hydrogen) atoms. The van der Waals surface area contributed by atoms with E-state index in [1.165, 1.54) is 11.1 Å². The molecule has 2 aliphatic carbocycles.